The lowest BCUT2D eigenvalue weighted by molar-refractivity contribution is 0.427. The van der Waals surface area contributed by atoms with E-state index >= 15 is 0 Å². The Morgan fingerprint density at radius 3 is 1.85 bits per heavy atom. The minimum Gasteiger partial charge on any atom is -0.0952 e. The van der Waals surface area contributed by atoms with Crippen molar-refractivity contribution in [1.29, 1.82) is 0 Å². The third-order valence-electron chi connectivity index (χ3n) is 5.26. The van der Waals surface area contributed by atoms with Gasteiger partial charge in [-0.25, -0.2) is 0 Å². The maximum Gasteiger partial charge on any atom is -0.00976 e. The molecular weight excluding hydrogens is 312 g/mol. The Balaban J connectivity index is 1.86. The highest BCUT2D eigenvalue weighted by atomic mass is 14.3. The Bertz CT molecular complexity index is 814. The number of benzene rings is 3. The molecule has 0 heterocycles. The van der Waals surface area contributed by atoms with Crippen LogP contribution in [0, 0.1) is 0 Å². The van der Waals surface area contributed by atoms with Crippen molar-refractivity contribution >= 4 is 5.57 Å². The molecule has 0 amide bonds. The normalized spacial score (nSPS) is 12.5. The fourth-order valence-corrected chi connectivity index (χ4v) is 3.75. The summed E-state index contributed by atoms with van der Waals surface area (Å²) in [6.07, 6.45) is 2.07. The minimum absolute atomic E-state index is 0.110. The number of hydrogen-bond acceptors (Lipinski definition) is 0. The van der Waals surface area contributed by atoms with Crippen molar-refractivity contribution in [3.05, 3.63) is 114 Å². The van der Waals surface area contributed by atoms with E-state index in [1.165, 1.54) is 22.3 Å². The summed E-state index contributed by atoms with van der Waals surface area (Å²) in [5.41, 5.74) is 5.35. The summed E-state index contributed by atoms with van der Waals surface area (Å²) >= 11 is 0. The lowest BCUT2D eigenvalue weighted by Gasteiger charge is -2.31. The lowest BCUT2D eigenvalue weighted by atomic mass is 9.73. The lowest BCUT2D eigenvalue weighted by Crippen LogP contribution is -2.21. The maximum absolute atomic E-state index is 4.39. The highest BCUT2D eigenvalue weighted by molar-refractivity contribution is 5.64. The smallest absolute Gasteiger partial charge is 0.00976 e. The molecule has 0 aromatic heterocycles. The first-order valence-corrected chi connectivity index (χ1v) is 9.40. The van der Waals surface area contributed by atoms with E-state index in [0.717, 1.165) is 12.8 Å². The third kappa shape index (κ3) is 4.52. The average Bonchev–Trinajstić information content (AvgIpc) is 2.69. The second-order valence-corrected chi connectivity index (χ2v) is 7.74. The molecule has 0 nitrogen and oxygen atoms in total. The molecule has 0 aliphatic rings. The molecule has 0 fully saturated rings. The van der Waals surface area contributed by atoms with Gasteiger partial charge in [0, 0.05) is 0 Å². The fourth-order valence-electron chi connectivity index (χ4n) is 3.75. The predicted octanol–water partition coefficient (Wildman–Crippen LogP) is 7.24. The van der Waals surface area contributed by atoms with Gasteiger partial charge in [0.05, 0.1) is 0 Å². The van der Waals surface area contributed by atoms with Gasteiger partial charge < -0.3 is 0 Å². The van der Waals surface area contributed by atoms with Gasteiger partial charge in [0.2, 0.25) is 0 Å². The zero-order chi connectivity index (χ0) is 18.4. The molecule has 3 rings (SSSR count). The van der Waals surface area contributed by atoms with Gasteiger partial charge >= 0.3 is 0 Å². The molecule has 0 radical (unpaired) electrons. The number of hydrogen-bond donors (Lipinski definition) is 0. The quantitative estimate of drug-likeness (QED) is 0.425. The number of allylic oxidation sites excluding steroid dienone is 1. The van der Waals surface area contributed by atoms with Gasteiger partial charge in [-0.1, -0.05) is 111 Å². The summed E-state index contributed by atoms with van der Waals surface area (Å²) < 4.78 is 0. The highest BCUT2D eigenvalue weighted by Gasteiger charge is 2.26. The van der Waals surface area contributed by atoms with E-state index in [0.29, 0.717) is 5.92 Å². The first kappa shape index (κ1) is 18.2. The summed E-state index contributed by atoms with van der Waals surface area (Å²) in [7, 11) is 0. The summed E-state index contributed by atoms with van der Waals surface area (Å²) in [6.45, 7) is 9.09. The van der Waals surface area contributed by atoms with Crippen LogP contribution in [0.4, 0.5) is 0 Å². The first-order valence-electron chi connectivity index (χ1n) is 9.40. The second-order valence-electron chi connectivity index (χ2n) is 7.74. The molecule has 1 atom stereocenters. The van der Waals surface area contributed by atoms with E-state index in [9.17, 15) is 0 Å². The third-order valence-corrected chi connectivity index (χ3v) is 5.26. The van der Waals surface area contributed by atoms with Crippen LogP contribution in [0.3, 0.4) is 0 Å². The molecule has 0 aliphatic carbocycles. The van der Waals surface area contributed by atoms with E-state index in [4.69, 9.17) is 0 Å². The predicted molar refractivity (Wildman–Crippen MR) is 113 cm³/mol. The van der Waals surface area contributed by atoms with Crippen molar-refractivity contribution in [1.82, 2.24) is 0 Å². The molecule has 26 heavy (non-hydrogen) atoms. The molecule has 3 aromatic carbocycles. The zero-order valence-electron chi connectivity index (χ0n) is 15.9. The van der Waals surface area contributed by atoms with Crippen LogP contribution >= 0.6 is 0 Å². The van der Waals surface area contributed by atoms with Gasteiger partial charge in [0.15, 0.2) is 0 Å². The van der Waals surface area contributed by atoms with Crippen LogP contribution in [0.1, 0.15) is 49.3 Å². The molecule has 0 saturated carbocycles. The SMILES string of the molecule is C=C(CC(CC(C)(C)c1ccccc1)c1ccccc1)c1ccccc1. The van der Waals surface area contributed by atoms with Gasteiger partial charge in [0.25, 0.3) is 0 Å². The van der Waals surface area contributed by atoms with E-state index < -0.39 is 0 Å². The van der Waals surface area contributed by atoms with Crippen LogP contribution in [0.15, 0.2) is 97.6 Å². The second kappa shape index (κ2) is 8.19. The molecule has 0 aliphatic heterocycles. The molecule has 3 aromatic rings. The van der Waals surface area contributed by atoms with Crippen LogP contribution in [-0.2, 0) is 5.41 Å². The van der Waals surface area contributed by atoms with Crippen molar-refractivity contribution in [2.45, 2.75) is 38.0 Å². The van der Waals surface area contributed by atoms with Gasteiger partial charge in [-0.3, -0.25) is 0 Å². The van der Waals surface area contributed by atoms with Crippen molar-refractivity contribution in [3.8, 4) is 0 Å². The van der Waals surface area contributed by atoms with Gasteiger partial charge in [0.1, 0.15) is 0 Å². The van der Waals surface area contributed by atoms with Crippen LogP contribution in [0.5, 0.6) is 0 Å². The largest absolute Gasteiger partial charge is 0.0952 e. The summed E-state index contributed by atoms with van der Waals surface area (Å²) in [6, 6.07) is 32.3. The van der Waals surface area contributed by atoms with Gasteiger partial charge in [-0.15, -0.1) is 0 Å². The summed E-state index contributed by atoms with van der Waals surface area (Å²) in [5.74, 6) is 0.444. The van der Waals surface area contributed by atoms with Crippen molar-refractivity contribution in [3.63, 3.8) is 0 Å². The van der Waals surface area contributed by atoms with E-state index in [2.05, 4.69) is 111 Å². The first-order chi connectivity index (χ1) is 12.6. The van der Waals surface area contributed by atoms with E-state index in [-0.39, 0.29) is 5.41 Å². The molecular formula is C26H28. The summed E-state index contributed by atoms with van der Waals surface area (Å²) in [4.78, 5) is 0. The number of rotatable bonds is 7. The van der Waals surface area contributed by atoms with Crippen molar-refractivity contribution in [2.24, 2.45) is 0 Å². The topological polar surface area (TPSA) is 0 Å². The molecule has 1 unspecified atom stereocenters. The summed E-state index contributed by atoms with van der Waals surface area (Å²) in [5, 5.41) is 0. The van der Waals surface area contributed by atoms with Crippen molar-refractivity contribution < 1.29 is 0 Å². The Morgan fingerprint density at radius 1 is 0.769 bits per heavy atom. The Labute approximate surface area is 158 Å². The molecule has 132 valence electrons. The standard InChI is InChI=1S/C26H28/c1-21(22-13-7-4-8-14-22)19-24(23-15-9-5-10-16-23)20-26(2,3)25-17-11-6-12-18-25/h4-18,24H,1,19-20H2,2-3H3. The monoisotopic (exact) mass is 340 g/mol. The molecule has 0 heteroatoms. The van der Waals surface area contributed by atoms with Gasteiger partial charge in [-0.05, 0) is 46.4 Å². The van der Waals surface area contributed by atoms with E-state index in [1.54, 1.807) is 0 Å². The van der Waals surface area contributed by atoms with E-state index in [1.807, 2.05) is 0 Å². The molecule has 0 spiro atoms. The minimum atomic E-state index is 0.110. The Kier molecular flexibility index (Phi) is 5.73. The zero-order valence-corrected chi connectivity index (χ0v) is 15.9. The van der Waals surface area contributed by atoms with Crippen LogP contribution < -0.4 is 0 Å². The molecule has 0 bridgehead atoms. The van der Waals surface area contributed by atoms with Crippen LogP contribution in [0.25, 0.3) is 5.57 Å². The van der Waals surface area contributed by atoms with Crippen LogP contribution in [-0.4, -0.2) is 0 Å². The maximum atomic E-state index is 4.39. The highest BCUT2D eigenvalue weighted by Crippen LogP contribution is 2.39. The van der Waals surface area contributed by atoms with Crippen LogP contribution in [0.2, 0.25) is 0 Å². The average molecular weight is 341 g/mol. The van der Waals surface area contributed by atoms with Gasteiger partial charge in [-0.2, -0.15) is 0 Å². The fraction of sp³-hybridized carbons (Fsp3) is 0.231. The Morgan fingerprint density at radius 2 is 1.27 bits per heavy atom. The van der Waals surface area contributed by atoms with Crippen molar-refractivity contribution in [2.75, 3.05) is 0 Å². The molecule has 0 N–H and O–H groups in total. The Hall–Kier alpha value is -2.60. The molecule has 0 saturated heterocycles.